The lowest BCUT2D eigenvalue weighted by atomic mass is 9.63. The minimum atomic E-state index is -0.363. The van der Waals surface area contributed by atoms with Gasteiger partial charge >= 0.3 is 0 Å². The number of amides is 2. The van der Waals surface area contributed by atoms with Gasteiger partial charge in [-0.15, -0.1) is 0 Å². The molecule has 2 amide bonds. The summed E-state index contributed by atoms with van der Waals surface area (Å²) in [6.45, 7) is 0. The quantitative estimate of drug-likeness (QED) is 0.586. The minimum Gasteiger partial charge on any atom is -0.274 e. The topological polar surface area (TPSA) is 37.4 Å². The summed E-state index contributed by atoms with van der Waals surface area (Å²) in [6.07, 6.45) is 5.46. The zero-order valence-corrected chi connectivity index (χ0v) is 11.3. The lowest BCUT2D eigenvalue weighted by Crippen LogP contribution is -2.40. The fourth-order valence-electron chi connectivity index (χ4n) is 4.80. The van der Waals surface area contributed by atoms with Gasteiger partial charge in [0.1, 0.15) is 5.82 Å². The zero-order valence-electron chi connectivity index (χ0n) is 11.3. The van der Waals surface area contributed by atoms with Gasteiger partial charge in [0.05, 0.1) is 17.5 Å². The van der Waals surface area contributed by atoms with Crippen molar-refractivity contribution in [2.45, 2.75) is 6.42 Å². The lowest BCUT2D eigenvalue weighted by Gasteiger charge is -2.37. The van der Waals surface area contributed by atoms with Crippen LogP contribution < -0.4 is 4.90 Å². The third-order valence-corrected chi connectivity index (χ3v) is 5.75. The molecule has 21 heavy (non-hydrogen) atoms. The largest absolute Gasteiger partial charge is 0.274 e. The average Bonchev–Trinajstić information content (AvgIpc) is 3.26. The molecule has 0 unspecified atom stereocenters. The second kappa shape index (κ2) is 3.62. The van der Waals surface area contributed by atoms with Crippen LogP contribution in [0.25, 0.3) is 0 Å². The Kier molecular flexibility index (Phi) is 2.01. The van der Waals surface area contributed by atoms with Crippen molar-refractivity contribution in [3.63, 3.8) is 0 Å². The maximum Gasteiger partial charge on any atom is 0.238 e. The molecule has 1 aromatic rings. The van der Waals surface area contributed by atoms with E-state index in [2.05, 4.69) is 12.2 Å². The van der Waals surface area contributed by atoms with Gasteiger partial charge in [-0.25, -0.2) is 4.39 Å². The predicted octanol–water partition coefficient (Wildman–Crippen LogP) is 2.38. The Hall–Kier alpha value is -1.97. The molecule has 4 aliphatic carbocycles. The van der Waals surface area contributed by atoms with E-state index in [4.69, 9.17) is 0 Å². The molecule has 0 aromatic heterocycles. The maximum atomic E-state index is 13.1. The van der Waals surface area contributed by atoms with Crippen molar-refractivity contribution in [2.75, 3.05) is 4.90 Å². The molecule has 1 saturated heterocycles. The van der Waals surface area contributed by atoms with E-state index in [9.17, 15) is 14.0 Å². The van der Waals surface area contributed by atoms with Crippen LogP contribution in [0.4, 0.5) is 10.1 Å². The lowest BCUT2D eigenvalue weighted by molar-refractivity contribution is -0.124. The van der Waals surface area contributed by atoms with Crippen molar-refractivity contribution >= 4 is 17.5 Å². The molecule has 0 N–H and O–H groups in total. The van der Waals surface area contributed by atoms with E-state index in [-0.39, 0.29) is 41.3 Å². The number of rotatable bonds is 1. The van der Waals surface area contributed by atoms with Gasteiger partial charge in [0.2, 0.25) is 11.8 Å². The van der Waals surface area contributed by atoms with Crippen LogP contribution in [0.3, 0.4) is 0 Å². The zero-order chi connectivity index (χ0) is 14.3. The summed E-state index contributed by atoms with van der Waals surface area (Å²) < 4.78 is 13.1. The molecule has 1 aromatic carbocycles. The standard InChI is InChI=1S/C17H14FNO2/c18-8-1-3-9(4-2-8)19-16(20)14-10-5-6-11(13-7-12(10)13)15(14)17(19)21/h1-6,10-15H,7H2/t10-,11-,12-,13+,14-,15+/m0/s1. The van der Waals surface area contributed by atoms with Gasteiger partial charge in [-0.1, -0.05) is 12.2 Å². The van der Waals surface area contributed by atoms with Crippen LogP contribution in [-0.4, -0.2) is 11.8 Å². The molecule has 3 nitrogen and oxygen atoms in total. The van der Waals surface area contributed by atoms with Crippen molar-refractivity contribution < 1.29 is 14.0 Å². The molecule has 0 radical (unpaired) electrons. The molecule has 6 atom stereocenters. The molecule has 4 heteroatoms. The highest BCUT2D eigenvalue weighted by Gasteiger charge is 2.67. The van der Waals surface area contributed by atoms with Crippen LogP contribution in [0, 0.1) is 41.3 Å². The van der Waals surface area contributed by atoms with Gasteiger partial charge in [-0.3, -0.25) is 14.5 Å². The smallest absolute Gasteiger partial charge is 0.238 e. The first-order valence-corrected chi connectivity index (χ1v) is 7.48. The summed E-state index contributed by atoms with van der Waals surface area (Å²) >= 11 is 0. The SMILES string of the molecule is O=C1[C@@H]2[C@H]3C=C[C@@H]([C@@H]4C[C@H]34)[C@@H]2C(=O)N1c1ccc(F)cc1. The Morgan fingerprint density at radius 3 is 1.95 bits per heavy atom. The first kappa shape index (κ1) is 11.7. The van der Waals surface area contributed by atoms with E-state index in [1.54, 1.807) is 0 Å². The highest BCUT2D eigenvalue weighted by Crippen LogP contribution is 2.65. The van der Waals surface area contributed by atoms with Crippen LogP contribution >= 0.6 is 0 Å². The Bertz CT molecular complexity index is 659. The highest BCUT2D eigenvalue weighted by atomic mass is 19.1. The van der Waals surface area contributed by atoms with E-state index >= 15 is 0 Å². The van der Waals surface area contributed by atoms with E-state index in [1.807, 2.05) is 0 Å². The van der Waals surface area contributed by atoms with Crippen LogP contribution in [0.2, 0.25) is 0 Å². The van der Waals surface area contributed by atoms with E-state index in [1.165, 1.54) is 29.2 Å². The molecule has 5 aliphatic rings. The average molecular weight is 283 g/mol. The normalized spacial score (nSPS) is 42.2. The first-order chi connectivity index (χ1) is 10.2. The third-order valence-electron chi connectivity index (χ3n) is 5.75. The van der Waals surface area contributed by atoms with Gasteiger partial charge < -0.3 is 0 Å². The monoisotopic (exact) mass is 283 g/mol. The molecular formula is C17H14FNO2. The summed E-state index contributed by atoms with van der Waals surface area (Å²) in [5.74, 6) is 0.722. The van der Waals surface area contributed by atoms with Crippen molar-refractivity contribution in [3.05, 3.63) is 42.2 Å². The number of anilines is 1. The van der Waals surface area contributed by atoms with Gasteiger partial charge in [-0.05, 0) is 54.4 Å². The minimum absolute atomic E-state index is 0.0960. The summed E-state index contributed by atoms with van der Waals surface area (Å²) in [6, 6.07) is 5.61. The summed E-state index contributed by atoms with van der Waals surface area (Å²) in [5.41, 5.74) is 0.494. The number of imide groups is 1. The molecule has 1 heterocycles. The van der Waals surface area contributed by atoms with E-state index < -0.39 is 0 Å². The van der Waals surface area contributed by atoms with Crippen molar-refractivity contribution in [3.8, 4) is 0 Å². The van der Waals surface area contributed by atoms with Crippen LogP contribution in [0.15, 0.2) is 36.4 Å². The molecule has 106 valence electrons. The molecule has 2 bridgehead atoms. The Morgan fingerprint density at radius 2 is 1.43 bits per heavy atom. The van der Waals surface area contributed by atoms with Gasteiger partial charge in [0.25, 0.3) is 0 Å². The number of allylic oxidation sites excluding steroid dienone is 2. The summed E-state index contributed by atoms with van der Waals surface area (Å²) in [5, 5.41) is 0. The second-order valence-electron chi connectivity index (χ2n) is 6.64. The van der Waals surface area contributed by atoms with Crippen LogP contribution in [-0.2, 0) is 9.59 Å². The fraction of sp³-hybridized carbons (Fsp3) is 0.412. The summed E-state index contributed by atoms with van der Waals surface area (Å²) in [4.78, 5) is 26.8. The number of carbonyl (C=O) groups excluding carboxylic acids is 2. The van der Waals surface area contributed by atoms with Crippen molar-refractivity contribution in [1.29, 1.82) is 0 Å². The molecular weight excluding hydrogens is 269 g/mol. The van der Waals surface area contributed by atoms with Gasteiger partial charge in [-0.2, -0.15) is 0 Å². The number of benzene rings is 1. The molecule has 3 fully saturated rings. The van der Waals surface area contributed by atoms with Gasteiger partial charge in [0.15, 0.2) is 0 Å². The number of halogens is 1. The van der Waals surface area contributed by atoms with Crippen molar-refractivity contribution in [1.82, 2.24) is 0 Å². The number of nitrogens with zero attached hydrogens (tertiary/aromatic N) is 1. The molecule has 1 aliphatic heterocycles. The highest BCUT2D eigenvalue weighted by molar-refractivity contribution is 6.22. The van der Waals surface area contributed by atoms with Crippen LogP contribution in [0.5, 0.6) is 0 Å². The van der Waals surface area contributed by atoms with E-state index in [0.29, 0.717) is 17.5 Å². The molecule has 0 spiro atoms. The summed E-state index contributed by atoms with van der Waals surface area (Å²) in [7, 11) is 0. The van der Waals surface area contributed by atoms with Crippen LogP contribution in [0.1, 0.15) is 6.42 Å². The number of carbonyl (C=O) groups is 2. The van der Waals surface area contributed by atoms with E-state index in [0.717, 1.165) is 6.42 Å². The Morgan fingerprint density at radius 1 is 0.905 bits per heavy atom. The molecule has 6 rings (SSSR count). The second-order valence-corrected chi connectivity index (χ2v) is 6.64. The fourth-order valence-corrected chi connectivity index (χ4v) is 4.80. The Labute approximate surface area is 121 Å². The third kappa shape index (κ3) is 1.33. The number of hydrogen-bond donors (Lipinski definition) is 0. The van der Waals surface area contributed by atoms with Gasteiger partial charge in [0, 0.05) is 0 Å². The Balaban J connectivity index is 1.58. The maximum absolute atomic E-state index is 13.1. The molecule has 2 saturated carbocycles. The van der Waals surface area contributed by atoms with Crippen molar-refractivity contribution in [2.24, 2.45) is 35.5 Å². The predicted molar refractivity (Wildman–Crippen MR) is 73.6 cm³/mol. The first-order valence-electron chi connectivity index (χ1n) is 7.48. The number of hydrogen-bond acceptors (Lipinski definition) is 2.